The Balaban J connectivity index is 1.73. The smallest absolute Gasteiger partial charge is 0.230 e. The van der Waals surface area contributed by atoms with Crippen LogP contribution in [0.2, 0.25) is 0 Å². The van der Waals surface area contributed by atoms with E-state index in [1.54, 1.807) is 30.6 Å². The molecule has 0 bridgehead atoms. The minimum atomic E-state index is -3.42. The van der Waals surface area contributed by atoms with E-state index in [-0.39, 0.29) is 22.9 Å². The zero-order chi connectivity index (χ0) is 17.9. The lowest BCUT2D eigenvalue weighted by Crippen LogP contribution is -2.16. The van der Waals surface area contributed by atoms with Crippen molar-refractivity contribution < 1.29 is 13.2 Å². The van der Waals surface area contributed by atoms with Gasteiger partial charge in [-0.15, -0.1) is 11.3 Å². The summed E-state index contributed by atoms with van der Waals surface area (Å²) in [4.78, 5) is 20.8. The van der Waals surface area contributed by atoms with Crippen LogP contribution in [-0.4, -0.2) is 30.5 Å². The average molecular weight is 373 g/mol. The van der Waals surface area contributed by atoms with E-state index in [2.05, 4.69) is 15.3 Å². The first-order chi connectivity index (χ1) is 11.9. The second-order valence-corrected chi connectivity index (χ2v) is 8.22. The second kappa shape index (κ2) is 7.12. The van der Waals surface area contributed by atoms with Crippen LogP contribution < -0.4 is 5.32 Å². The zero-order valence-corrected chi connectivity index (χ0v) is 15.0. The molecule has 0 saturated heterocycles. The van der Waals surface area contributed by atoms with Crippen LogP contribution in [0.4, 0.5) is 5.69 Å². The summed E-state index contributed by atoms with van der Waals surface area (Å²) in [6.45, 7) is 0. The van der Waals surface area contributed by atoms with E-state index in [4.69, 9.17) is 0 Å². The molecule has 0 unspecified atom stereocenters. The van der Waals surface area contributed by atoms with Gasteiger partial charge in [-0.05, 0) is 24.3 Å². The number of hydrogen-bond donors (Lipinski definition) is 1. The number of pyridine rings is 1. The van der Waals surface area contributed by atoms with Gasteiger partial charge in [-0.3, -0.25) is 9.78 Å². The summed E-state index contributed by atoms with van der Waals surface area (Å²) in [6.07, 6.45) is 4.57. The maximum absolute atomic E-state index is 12.3. The fourth-order valence-electron chi connectivity index (χ4n) is 2.26. The van der Waals surface area contributed by atoms with Crippen LogP contribution in [0.15, 0.2) is 59.1 Å². The fraction of sp³-hybridized carbons (Fsp3) is 0.118. The molecule has 0 radical (unpaired) electrons. The van der Waals surface area contributed by atoms with E-state index in [1.165, 1.54) is 17.4 Å². The highest BCUT2D eigenvalue weighted by Gasteiger charge is 2.15. The van der Waals surface area contributed by atoms with Gasteiger partial charge in [0.15, 0.2) is 9.84 Å². The van der Waals surface area contributed by atoms with E-state index < -0.39 is 9.84 Å². The summed E-state index contributed by atoms with van der Waals surface area (Å²) in [5, 5.41) is 5.24. The summed E-state index contributed by atoms with van der Waals surface area (Å²) >= 11 is 1.43. The number of rotatable bonds is 5. The normalized spacial score (nSPS) is 11.2. The number of carbonyl (C=O) groups excluding carboxylic acids is 1. The summed E-state index contributed by atoms with van der Waals surface area (Å²) in [6, 6.07) is 10.0. The number of hydrogen-bond acceptors (Lipinski definition) is 6. The van der Waals surface area contributed by atoms with E-state index in [9.17, 15) is 13.2 Å². The average Bonchev–Trinajstić information content (AvgIpc) is 3.03. The molecule has 1 N–H and O–H groups in total. The number of sulfone groups is 1. The van der Waals surface area contributed by atoms with Crippen molar-refractivity contribution in [3.05, 3.63) is 59.9 Å². The Labute approximate surface area is 149 Å². The van der Waals surface area contributed by atoms with E-state index in [0.29, 0.717) is 5.69 Å². The van der Waals surface area contributed by atoms with Crippen molar-refractivity contribution in [2.75, 3.05) is 11.6 Å². The Kier molecular flexibility index (Phi) is 4.91. The molecule has 0 saturated carbocycles. The SMILES string of the molecule is CS(=O)(=O)c1ccccc1NC(=O)Cc1csc(-c2cccnc2)n1. The van der Waals surface area contributed by atoms with Crippen LogP contribution in [0.3, 0.4) is 0 Å². The van der Waals surface area contributed by atoms with Gasteiger partial charge in [0.1, 0.15) is 5.01 Å². The number of thiazole rings is 1. The Hall–Kier alpha value is -2.58. The van der Waals surface area contributed by atoms with Crippen molar-refractivity contribution in [1.29, 1.82) is 0 Å². The molecule has 128 valence electrons. The van der Waals surface area contributed by atoms with Gasteiger partial charge in [-0.2, -0.15) is 0 Å². The Bertz CT molecular complexity index is 999. The van der Waals surface area contributed by atoms with Crippen molar-refractivity contribution in [1.82, 2.24) is 9.97 Å². The first-order valence-corrected chi connectivity index (χ1v) is 10.1. The molecule has 1 aromatic carbocycles. The molecule has 2 heterocycles. The predicted molar refractivity (Wildman–Crippen MR) is 97.2 cm³/mol. The molecule has 3 rings (SSSR count). The number of nitrogens with zero attached hydrogens (tertiary/aromatic N) is 2. The van der Waals surface area contributed by atoms with Crippen LogP contribution in [0.25, 0.3) is 10.6 Å². The molecule has 0 aliphatic rings. The number of carbonyl (C=O) groups is 1. The molecule has 1 amide bonds. The third-order valence-electron chi connectivity index (χ3n) is 3.36. The van der Waals surface area contributed by atoms with Gasteiger partial charge in [-0.1, -0.05) is 12.1 Å². The Morgan fingerprint density at radius 1 is 1.20 bits per heavy atom. The first-order valence-electron chi connectivity index (χ1n) is 7.37. The quantitative estimate of drug-likeness (QED) is 0.743. The highest BCUT2D eigenvalue weighted by molar-refractivity contribution is 7.90. The largest absolute Gasteiger partial charge is 0.325 e. The molecule has 25 heavy (non-hydrogen) atoms. The molecule has 2 aromatic heterocycles. The lowest BCUT2D eigenvalue weighted by atomic mass is 10.2. The number of aromatic nitrogens is 2. The third kappa shape index (κ3) is 4.28. The van der Waals surface area contributed by atoms with Crippen molar-refractivity contribution in [3.63, 3.8) is 0 Å². The highest BCUT2D eigenvalue weighted by Crippen LogP contribution is 2.24. The molecular formula is C17H15N3O3S2. The summed E-state index contributed by atoms with van der Waals surface area (Å²) in [5.74, 6) is -0.320. The number of anilines is 1. The molecule has 0 spiro atoms. The molecule has 0 atom stereocenters. The van der Waals surface area contributed by atoms with Gasteiger partial charge in [-0.25, -0.2) is 13.4 Å². The zero-order valence-electron chi connectivity index (χ0n) is 13.3. The molecule has 0 fully saturated rings. The van der Waals surface area contributed by atoms with Crippen molar-refractivity contribution in [3.8, 4) is 10.6 Å². The summed E-state index contributed by atoms with van der Waals surface area (Å²) in [7, 11) is -3.42. The maximum Gasteiger partial charge on any atom is 0.230 e. The van der Waals surface area contributed by atoms with Crippen molar-refractivity contribution in [2.45, 2.75) is 11.3 Å². The van der Waals surface area contributed by atoms with Crippen LogP contribution in [0, 0.1) is 0 Å². The number of nitrogens with one attached hydrogen (secondary N) is 1. The minimum absolute atomic E-state index is 0.0643. The topological polar surface area (TPSA) is 89.0 Å². The minimum Gasteiger partial charge on any atom is -0.325 e. The molecule has 3 aromatic rings. The van der Waals surface area contributed by atoms with Gasteiger partial charge >= 0.3 is 0 Å². The van der Waals surface area contributed by atoms with Crippen molar-refractivity contribution >= 4 is 32.8 Å². The number of benzene rings is 1. The monoisotopic (exact) mass is 373 g/mol. The van der Waals surface area contributed by atoms with Gasteiger partial charge in [0, 0.05) is 29.6 Å². The van der Waals surface area contributed by atoms with E-state index in [1.807, 2.05) is 17.5 Å². The first kappa shape index (κ1) is 17.2. The van der Waals surface area contributed by atoms with E-state index in [0.717, 1.165) is 16.8 Å². The molecular weight excluding hydrogens is 358 g/mol. The third-order valence-corrected chi connectivity index (χ3v) is 5.46. The maximum atomic E-state index is 12.3. The molecule has 6 nitrogen and oxygen atoms in total. The predicted octanol–water partition coefficient (Wildman–Crippen LogP) is 2.79. The number of amides is 1. The van der Waals surface area contributed by atoms with Crippen molar-refractivity contribution in [2.24, 2.45) is 0 Å². The fourth-order valence-corrected chi connectivity index (χ4v) is 3.92. The van der Waals surface area contributed by atoms with Gasteiger partial charge in [0.05, 0.1) is 22.7 Å². The van der Waals surface area contributed by atoms with Gasteiger partial charge in [0.25, 0.3) is 0 Å². The lowest BCUT2D eigenvalue weighted by molar-refractivity contribution is -0.115. The summed E-state index contributed by atoms with van der Waals surface area (Å²) < 4.78 is 23.6. The lowest BCUT2D eigenvalue weighted by Gasteiger charge is -2.08. The van der Waals surface area contributed by atoms with Gasteiger partial charge < -0.3 is 5.32 Å². The second-order valence-electron chi connectivity index (χ2n) is 5.38. The highest BCUT2D eigenvalue weighted by atomic mass is 32.2. The van der Waals surface area contributed by atoms with Crippen LogP contribution in [-0.2, 0) is 21.1 Å². The van der Waals surface area contributed by atoms with E-state index >= 15 is 0 Å². The molecule has 0 aliphatic heterocycles. The van der Waals surface area contributed by atoms with Crippen LogP contribution in [0.5, 0.6) is 0 Å². The van der Waals surface area contributed by atoms with Crippen LogP contribution >= 0.6 is 11.3 Å². The Morgan fingerprint density at radius 3 is 2.72 bits per heavy atom. The Morgan fingerprint density at radius 2 is 2.00 bits per heavy atom. The summed E-state index contributed by atoms with van der Waals surface area (Å²) in [5.41, 5.74) is 1.79. The number of para-hydroxylation sites is 1. The standard InChI is InChI=1S/C17H15N3O3S2/c1-25(22,23)15-7-3-2-6-14(15)20-16(21)9-13-11-24-17(19-13)12-5-4-8-18-10-12/h2-8,10-11H,9H2,1H3,(H,20,21). The molecule has 8 heteroatoms. The van der Waals surface area contributed by atoms with Crippen LogP contribution in [0.1, 0.15) is 5.69 Å². The molecule has 0 aliphatic carbocycles. The van der Waals surface area contributed by atoms with Gasteiger partial charge in [0.2, 0.25) is 5.91 Å².